The van der Waals surface area contributed by atoms with Gasteiger partial charge in [-0.3, -0.25) is 9.11 Å². The van der Waals surface area contributed by atoms with Crippen LogP contribution < -0.4 is 5.32 Å². The summed E-state index contributed by atoms with van der Waals surface area (Å²) >= 11 is 1.37. The molecule has 0 amide bonds. The quantitative estimate of drug-likeness (QED) is 0.413. The van der Waals surface area contributed by atoms with E-state index < -0.39 is 10.4 Å². The molecule has 110 valence electrons. The summed E-state index contributed by atoms with van der Waals surface area (Å²) in [6, 6.07) is 0. The van der Waals surface area contributed by atoms with Crippen molar-refractivity contribution in [1.82, 2.24) is 5.32 Å². The molecule has 0 bridgehead atoms. The summed E-state index contributed by atoms with van der Waals surface area (Å²) in [6.45, 7) is 10.9. The van der Waals surface area contributed by atoms with E-state index in [0.717, 1.165) is 32.5 Å². The average molecular weight is 305 g/mol. The number of rotatable bonds is 3. The zero-order chi connectivity index (χ0) is 15.4. The summed E-state index contributed by atoms with van der Waals surface area (Å²) in [5.74, 6) is 0. The van der Waals surface area contributed by atoms with E-state index in [2.05, 4.69) is 25.7 Å². The maximum absolute atomic E-state index is 8.74. The van der Waals surface area contributed by atoms with Crippen molar-refractivity contribution in [3.05, 3.63) is 12.7 Å². The van der Waals surface area contributed by atoms with E-state index in [1.807, 2.05) is 6.08 Å². The Morgan fingerprint density at radius 2 is 1.95 bits per heavy atom. The van der Waals surface area contributed by atoms with E-state index in [1.165, 1.54) is 31.6 Å². The summed E-state index contributed by atoms with van der Waals surface area (Å²) in [4.78, 5) is 0. The first kappa shape index (κ1) is 21.8. The molecule has 19 heavy (non-hydrogen) atoms. The minimum Gasteiger partial charge on any atom is -0.264 e. The van der Waals surface area contributed by atoms with Crippen LogP contribution in [-0.2, 0) is 15.1 Å². The SMILES string of the molecule is C=CCC1(CC)CNCCO1.C[CH2][Na].O=S(=O)(O)O. The van der Waals surface area contributed by atoms with Crippen LogP contribution in [0.15, 0.2) is 12.7 Å². The van der Waals surface area contributed by atoms with Gasteiger partial charge in [0, 0.05) is 13.1 Å². The number of ether oxygens (including phenoxy) is 1. The summed E-state index contributed by atoms with van der Waals surface area (Å²) in [6.07, 6.45) is 3.96. The van der Waals surface area contributed by atoms with Crippen molar-refractivity contribution in [3.8, 4) is 0 Å². The summed E-state index contributed by atoms with van der Waals surface area (Å²) in [5.41, 5.74) is 0.0417. The molecule has 8 heteroatoms. The van der Waals surface area contributed by atoms with Crippen molar-refractivity contribution in [1.29, 1.82) is 0 Å². The Labute approximate surface area is 134 Å². The van der Waals surface area contributed by atoms with Crippen LogP contribution in [0.2, 0.25) is 3.67 Å². The number of hydrogen-bond donors (Lipinski definition) is 3. The van der Waals surface area contributed by atoms with Gasteiger partial charge in [-0.15, -0.1) is 6.58 Å². The van der Waals surface area contributed by atoms with Gasteiger partial charge in [-0.2, -0.15) is 8.42 Å². The van der Waals surface area contributed by atoms with Gasteiger partial charge >= 0.3 is 48.9 Å². The van der Waals surface area contributed by atoms with E-state index in [9.17, 15) is 0 Å². The Hall–Kier alpha value is 0.530. The fourth-order valence-electron chi connectivity index (χ4n) is 1.47. The van der Waals surface area contributed by atoms with E-state index >= 15 is 0 Å². The van der Waals surface area contributed by atoms with E-state index in [-0.39, 0.29) is 5.60 Å². The molecule has 0 aromatic heterocycles. The maximum Gasteiger partial charge on any atom is 0.394 e. The molecule has 1 saturated heterocycles. The van der Waals surface area contributed by atoms with Gasteiger partial charge in [0.1, 0.15) is 0 Å². The van der Waals surface area contributed by atoms with E-state index in [1.54, 1.807) is 0 Å². The van der Waals surface area contributed by atoms with Crippen molar-refractivity contribution in [2.75, 3.05) is 19.7 Å². The third kappa shape index (κ3) is 16.5. The molecule has 0 saturated carbocycles. The third-order valence-corrected chi connectivity index (χ3v) is 2.29. The molecule has 1 aliphatic heterocycles. The summed E-state index contributed by atoms with van der Waals surface area (Å²) in [7, 11) is -4.67. The molecule has 0 radical (unpaired) electrons. The molecule has 1 rings (SSSR count). The van der Waals surface area contributed by atoms with Crippen LogP contribution in [0.25, 0.3) is 0 Å². The van der Waals surface area contributed by atoms with Crippen molar-refractivity contribution in [2.24, 2.45) is 0 Å². The minimum absolute atomic E-state index is 0.0417. The van der Waals surface area contributed by atoms with Gasteiger partial charge in [-0.25, -0.2) is 0 Å². The molecule has 0 spiro atoms. The second-order valence-corrected chi connectivity index (χ2v) is 6.52. The molecule has 1 fully saturated rings. The molecule has 1 atom stereocenters. The first-order chi connectivity index (χ1) is 8.74. The zero-order valence-corrected chi connectivity index (χ0v) is 14.9. The molecule has 0 aliphatic carbocycles. The first-order valence-electron chi connectivity index (χ1n) is 6.40. The third-order valence-electron chi connectivity index (χ3n) is 2.29. The van der Waals surface area contributed by atoms with Crippen LogP contribution in [0.4, 0.5) is 0 Å². The zero-order valence-electron chi connectivity index (χ0n) is 12.1. The molecule has 3 N–H and O–H groups in total. The van der Waals surface area contributed by atoms with Gasteiger partial charge in [0.15, 0.2) is 0 Å². The van der Waals surface area contributed by atoms with Crippen LogP contribution >= 0.6 is 0 Å². The molecular formula is C11H24NNaO5S. The molecular weight excluding hydrogens is 281 g/mol. The normalized spacial score (nSPS) is 22.4. The first-order valence-corrected chi connectivity index (χ1v) is 9.21. The standard InChI is InChI=1S/C9H17NO.C2H5.Na.H2O4S/c1-3-5-9(4-2)8-10-6-7-11-9;1-2;;1-5(2,3)4/h3,10H,1,4-8H2,2H3;1H2,2H3;;(H2,1,2,3,4). The molecule has 0 aromatic rings. The summed E-state index contributed by atoms with van der Waals surface area (Å²) in [5, 5.41) is 3.34. The van der Waals surface area contributed by atoms with Gasteiger partial charge in [-0.05, 0) is 12.8 Å². The maximum atomic E-state index is 8.74. The monoisotopic (exact) mass is 305 g/mol. The average Bonchev–Trinajstić information content (AvgIpc) is 2.29. The van der Waals surface area contributed by atoms with Crippen molar-refractivity contribution < 1.29 is 22.3 Å². The Kier molecular flexibility index (Phi) is 14.1. The Balaban J connectivity index is 0. The van der Waals surface area contributed by atoms with Crippen LogP contribution in [0.1, 0.15) is 26.7 Å². The van der Waals surface area contributed by atoms with E-state index in [0.29, 0.717) is 0 Å². The Morgan fingerprint density at radius 3 is 2.21 bits per heavy atom. The molecule has 1 aliphatic rings. The van der Waals surface area contributed by atoms with Crippen molar-refractivity contribution in [3.63, 3.8) is 0 Å². The van der Waals surface area contributed by atoms with Crippen LogP contribution in [0, 0.1) is 0 Å². The minimum atomic E-state index is -4.67. The van der Waals surface area contributed by atoms with Gasteiger partial charge in [0.05, 0.1) is 12.2 Å². The van der Waals surface area contributed by atoms with Gasteiger partial charge in [-0.1, -0.05) is 13.0 Å². The topological polar surface area (TPSA) is 95.9 Å². The Bertz CT molecular complexity index is 307. The molecule has 6 nitrogen and oxygen atoms in total. The summed E-state index contributed by atoms with van der Waals surface area (Å²) < 4.78 is 38.7. The molecule has 1 unspecified atom stereocenters. The van der Waals surface area contributed by atoms with E-state index in [4.69, 9.17) is 22.3 Å². The predicted octanol–water partition coefficient (Wildman–Crippen LogP) is 1.27. The number of nitrogens with one attached hydrogen (secondary N) is 1. The van der Waals surface area contributed by atoms with Crippen molar-refractivity contribution >= 4 is 38.3 Å². The molecule has 1 heterocycles. The fourth-order valence-corrected chi connectivity index (χ4v) is 1.47. The van der Waals surface area contributed by atoms with Gasteiger partial charge < -0.3 is 10.1 Å². The predicted molar refractivity (Wildman–Crippen MR) is 77.1 cm³/mol. The second-order valence-electron chi connectivity index (χ2n) is 4.21. The largest absolute Gasteiger partial charge is 0.394 e. The van der Waals surface area contributed by atoms with Gasteiger partial charge in [0.2, 0.25) is 0 Å². The van der Waals surface area contributed by atoms with Crippen LogP contribution in [0.3, 0.4) is 0 Å². The van der Waals surface area contributed by atoms with Crippen LogP contribution in [0.5, 0.6) is 0 Å². The van der Waals surface area contributed by atoms with Crippen LogP contribution in [-0.4, -0.2) is 70.8 Å². The van der Waals surface area contributed by atoms with Gasteiger partial charge in [0.25, 0.3) is 0 Å². The number of morpholine rings is 1. The smallest absolute Gasteiger partial charge is 0.264 e. The second kappa shape index (κ2) is 12.3. The number of hydrogen-bond acceptors (Lipinski definition) is 4. The van der Waals surface area contributed by atoms with Crippen molar-refractivity contribution in [2.45, 2.75) is 36.0 Å². The fraction of sp³-hybridized carbons (Fsp3) is 0.818. The Morgan fingerprint density at radius 1 is 1.47 bits per heavy atom. The molecule has 0 aromatic carbocycles.